The van der Waals surface area contributed by atoms with Crippen LogP contribution in [-0.4, -0.2) is 69.1 Å². The van der Waals surface area contributed by atoms with Gasteiger partial charge in [0, 0.05) is 50.9 Å². The van der Waals surface area contributed by atoms with Crippen molar-refractivity contribution in [3.05, 3.63) is 12.4 Å². The summed E-state index contributed by atoms with van der Waals surface area (Å²) in [6.45, 7) is 16.9. The van der Waals surface area contributed by atoms with Gasteiger partial charge in [0.15, 0.2) is 5.82 Å². The number of nitrogens with zero attached hydrogens (tertiary/aromatic N) is 5. The summed E-state index contributed by atoms with van der Waals surface area (Å²) >= 11 is 0. The topological polar surface area (TPSA) is 75.2 Å². The van der Waals surface area contributed by atoms with E-state index >= 15 is 0 Å². The predicted molar refractivity (Wildman–Crippen MR) is 122 cm³/mol. The molecule has 2 aromatic heterocycles. The van der Waals surface area contributed by atoms with E-state index in [1.54, 1.807) is 0 Å². The lowest BCUT2D eigenvalue weighted by molar-refractivity contribution is 0.0615. The Balaban J connectivity index is 1.48. The predicted octanol–water partition coefficient (Wildman–Crippen LogP) is 3.42. The van der Waals surface area contributed by atoms with Gasteiger partial charge in [-0.05, 0) is 46.6 Å². The normalized spacial score (nSPS) is 16.6. The van der Waals surface area contributed by atoms with Crippen molar-refractivity contribution in [3.8, 4) is 0 Å². The second-order valence-electron chi connectivity index (χ2n) is 9.19. The maximum atomic E-state index is 6.13. The number of unbranched alkanes of at least 4 members (excludes halogenated alkanes) is 2. The van der Waals surface area contributed by atoms with Crippen LogP contribution in [0.1, 0.15) is 53.4 Å². The lowest BCUT2D eigenvalue weighted by atomic mass is 10.0. The fraction of sp³-hybridized carbons (Fsp3) is 0.727. The van der Waals surface area contributed by atoms with Gasteiger partial charge in [-0.2, -0.15) is 0 Å². The van der Waals surface area contributed by atoms with E-state index in [4.69, 9.17) is 5.73 Å². The third-order valence-corrected chi connectivity index (χ3v) is 5.92. The van der Waals surface area contributed by atoms with Crippen LogP contribution in [0, 0.1) is 0 Å². The molecule has 7 heteroatoms. The molecule has 3 heterocycles. The van der Waals surface area contributed by atoms with Gasteiger partial charge in [0.05, 0.1) is 11.8 Å². The lowest BCUT2D eigenvalue weighted by Gasteiger charge is -2.42. The minimum absolute atomic E-state index is 0.287. The molecule has 0 amide bonds. The first-order valence-electron chi connectivity index (χ1n) is 11.2. The summed E-state index contributed by atoms with van der Waals surface area (Å²) in [5.74, 6) is 1.36. The number of piperazine rings is 1. The van der Waals surface area contributed by atoms with Gasteiger partial charge in [-0.1, -0.05) is 13.3 Å². The Bertz CT molecular complexity index is 769. The monoisotopic (exact) mass is 401 g/mol. The Morgan fingerprint density at radius 3 is 2.48 bits per heavy atom. The zero-order valence-corrected chi connectivity index (χ0v) is 18.7. The standard InChI is InChI=1S/C22H39N7/c1-5-6-9-24-19-16-18-20(21(23)26-19)25-17-28(18)11-8-7-10-27-12-14-29(15-13-27)22(2,3)4/h16-17H,5-15H2,1-4H3,(H3,23,24,26). The molecule has 0 bridgehead atoms. The van der Waals surface area contributed by atoms with Crippen LogP contribution in [0.5, 0.6) is 0 Å². The summed E-state index contributed by atoms with van der Waals surface area (Å²) in [4.78, 5) is 14.1. The summed E-state index contributed by atoms with van der Waals surface area (Å²) < 4.78 is 2.22. The molecule has 162 valence electrons. The van der Waals surface area contributed by atoms with Crippen molar-refractivity contribution in [1.29, 1.82) is 0 Å². The number of hydrogen-bond donors (Lipinski definition) is 2. The lowest BCUT2D eigenvalue weighted by Crippen LogP contribution is -2.53. The number of anilines is 2. The second kappa shape index (κ2) is 9.76. The van der Waals surface area contributed by atoms with Crippen LogP contribution in [0.25, 0.3) is 11.0 Å². The molecule has 1 aliphatic rings. The summed E-state index contributed by atoms with van der Waals surface area (Å²) in [6, 6.07) is 2.08. The molecule has 0 aliphatic carbocycles. The van der Waals surface area contributed by atoms with Gasteiger partial charge in [0.25, 0.3) is 0 Å². The molecule has 7 nitrogen and oxygen atoms in total. The first-order chi connectivity index (χ1) is 13.9. The van der Waals surface area contributed by atoms with E-state index in [0.29, 0.717) is 5.82 Å². The van der Waals surface area contributed by atoms with E-state index < -0.39 is 0 Å². The molecule has 3 rings (SSSR count). The Morgan fingerprint density at radius 2 is 1.79 bits per heavy atom. The van der Waals surface area contributed by atoms with E-state index in [1.165, 1.54) is 39.1 Å². The molecule has 3 N–H and O–H groups in total. The number of imidazole rings is 1. The number of aromatic nitrogens is 3. The number of rotatable bonds is 9. The summed E-state index contributed by atoms with van der Waals surface area (Å²) in [5.41, 5.74) is 8.31. The summed E-state index contributed by atoms with van der Waals surface area (Å²) in [7, 11) is 0. The van der Waals surface area contributed by atoms with Crippen LogP contribution in [0.2, 0.25) is 0 Å². The molecule has 0 aromatic carbocycles. The van der Waals surface area contributed by atoms with Gasteiger partial charge < -0.3 is 20.5 Å². The van der Waals surface area contributed by atoms with Crippen molar-refractivity contribution in [2.45, 2.75) is 65.5 Å². The molecule has 0 radical (unpaired) electrons. The molecule has 29 heavy (non-hydrogen) atoms. The second-order valence-corrected chi connectivity index (χ2v) is 9.19. The number of hydrogen-bond acceptors (Lipinski definition) is 6. The van der Waals surface area contributed by atoms with Crippen LogP contribution < -0.4 is 11.1 Å². The molecule has 0 spiro atoms. The number of nitrogens with one attached hydrogen (secondary N) is 1. The molecule has 0 atom stereocenters. The molecular formula is C22H39N7. The molecule has 0 unspecified atom stereocenters. The van der Waals surface area contributed by atoms with Crippen LogP contribution in [-0.2, 0) is 6.54 Å². The number of nitrogen functional groups attached to an aromatic ring is 1. The Labute approximate surface area is 175 Å². The van der Waals surface area contributed by atoms with Gasteiger partial charge in [0.2, 0.25) is 0 Å². The van der Waals surface area contributed by atoms with Crippen molar-refractivity contribution in [1.82, 2.24) is 24.3 Å². The van der Waals surface area contributed by atoms with Crippen molar-refractivity contribution in [2.24, 2.45) is 0 Å². The van der Waals surface area contributed by atoms with Gasteiger partial charge >= 0.3 is 0 Å². The zero-order valence-electron chi connectivity index (χ0n) is 18.7. The van der Waals surface area contributed by atoms with Gasteiger partial charge in [0.1, 0.15) is 11.3 Å². The number of aryl methyl sites for hydroxylation is 1. The van der Waals surface area contributed by atoms with E-state index in [-0.39, 0.29) is 5.54 Å². The molecule has 1 aliphatic heterocycles. The van der Waals surface area contributed by atoms with Gasteiger partial charge in [-0.25, -0.2) is 9.97 Å². The molecular weight excluding hydrogens is 362 g/mol. The number of nitrogens with two attached hydrogens (primary N) is 1. The largest absolute Gasteiger partial charge is 0.382 e. The van der Waals surface area contributed by atoms with E-state index in [2.05, 4.69) is 63.4 Å². The van der Waals surface area contributed by atoms with Crippen LogP contribution >= 0.6 is 0 Å². The van der Waals surface area contributed by atoms with Crippen LogP contribution in [0.15, 0.2) is 12.4 Å². The van der Waals surface area contributed by atoms with E-state index in [0.717, 1.165) is 49.2 Å². The highest BCUT2D eigenvalue weighted by Crippen LogP contribution is 2.22. The summed E-state index contributed by atoms with van der Waals surface area (Å²) in [6.07, 6.45) is 6.54. The molecule has 0 saturated carbocycles. The van der Waals surface area contributed by atoms with Crippen molar-refractivity contribution < 1.29 is 0 Å². The third-order valence-electron chi connectivity index (χ3n) is 5.92. The van der Waals surface area contributed by atoms with E-state index in [9.17, 15) is 0 Å². The number of pyridine rings is 1. The quantitative estimate of drug-likeness (QED) is 0.627. The molecule has 2 aromatic rings. The highest BCUT2D eigenvalue weighted by molar-refractivity contribution is 5.87. The minimum atomic E-state index is 0.287. The van der Waals surface area contributed by atoms with Crippen LogP contribution in [0.4, 0.5) is 11.6 Å². The highest BCUT2D eigenvalue weighted by Gasteiger charge is 2.25. The third kappa shape index (κ3) is 5.82. The average Bonchev–Trinajstić information content (AvgIpc) is 3.09. The fourth-order valence-corrected chi connectivity index (χ4v) is 4.01. The maximum absolute atomic E-state index is 6.13. The first kappa shape index (κ1) is 21.8. The summed E-state index contributed by atoms with van der Waals surface area (Å²) in [5, 5.41) is 3.38. The van der Waals surface area contributed by atoms with Crippen molar-refractivity contribution >= 4 is 22.7 Å². The van der Waals surface area contributed by atoms with Crippen LogP contribution in [0.3, 0.4) is 0 Å². The molecule has 1 fully saturated rings. The zero-order chi connectivity index (χ0) is 20.9. The van der Waals surface area contributed by atoms with E-state index in [1.807, 2.05) is 6.33 Å². The minimum Gasteiger partial charge on any atom is -0.382 e. The van der Waals surface area contributed by atoms with Gasteiger partial charge in [-0.15, -0.1) is 0 Å². The molecule has 1 saturated heterocycles. The average molecular weight is 402 g/mol. The SMILES string of the molecule is CCCCNc1cc2c(ncn2CCCCN2CCN(C(C)(C)C)CC2)c(N)n1. The van der Waals surface area contributed by atoms with Crippen molar-refractivity contribution in [3.63, 3.8) is 0 Å². The van der Waals surface area contributed by atoms with Gasteiger partial charge in [-0.3, -0.25) is 4.90 Å². The Morgan fingerprint density at radius 1 is 1.07 bits per heavy atom. The Kier molecular flexibility index (Phi) is 7.35. The fourth-order valence-electron chi connectivity index (χ4n) is 4.01. The first-order valence-corrected chi connectivity index (χ1v) is 11.2. The van der Waals surface area contributed by atoms with Crippen molar-refractivity contribution in [2.75, 3.05) is 50.3 Å². The maximum Gasteiger partial charge on any atom is 0.154 e. The number of fused-ring (bicyclic) bond motifs is 1. The Hall–Kier alpha value is -1.86. The smallest absolute Gasteiger partial charge is 0.154 e. The highest BCUT2D eigenvalue weighted by atomic mass is 15.3.